The van der Waals surface area contributed by atoms with Crippen molar-refractivity contribution >= 4 is 18.0 Å². The maximum absolute atomic E-state index is 13.4. The minimum Gasteiger partial charge on any atom is -0.497 e. The Morgan fingerprint density at radius 1 is 1.09 bits per heavy atom. The minimum absolute atomic E-state index is 0.267. The van der Waals surface area contributed by atoms with Crippen LogP contribution in [0, 0.1) is 0 Å². The highest BCUT2D eigenvalue weighted by Gasteiger charge is 2.44. The first-order valence-corrected chi connectivity index (χ1v) is 11.7. The molecule has 0 spiro atoms. The Kier molecular flexibility index (Phi) is 9.56. The highest BCUT2D eigenvalue weighted by molar-refractivity contribution is 5.93. The van der Waals surface area contributed by atoms with E-state index in [1.165, 1.54) is 0 Å². The van der Waals surface area contributed by atoms with Gasteiger partial charge in [-0.3, -0.25) is 4.79 Å². The fourth-order valence-corrected chi connectivity index (χ4v) is 3.79. The molecule has 1 aromatic rings. The molecule has 1 atom stereocenters. The van der Waals surface area contributed by atoms with Gasteiger partial charge in [0.05, 0.1) is 13.7 Å². The molecular weight excluding hydrogens is 424 g/mol. The summed E-state index contributed by atoms with van der Waals surface area (Å²) in [5, 5.41) is 5.64. The Morgan fingerprint density at radius 2 is 1.73 bits per heavy atom. The fourth-order valence-electron chi connectivity index (χ4n) is 3.79. The van der Waals surface area contributed by atoms with E-state index in [4.69, 9.17) is 14.2 Å². The van der Waals surface area contributed by atoms with E-state index in [2.05, 4.69) is 10.6 Å². The first kappa shape index (κ1) is 26.5. The molecule has 2 amide bonds. The quantitative estimate of drug-likeness (QED) is 0.404. The van der Waals surface area contributed by atoms with Crippen molar-refractivity contribution in [1.29, 1.82) is 0 Å². The number of amides is 2. The van der Waals surface area contributed by atoms with E-state index in [1.54, 1.807) is 40.0 Å². The number of benzene rings is 1. The molecular formula is C25H38N2O6. The molecule has 1 aromatic carbocycles. The van der Waals surface area contributed by atoms with Gasteiger partial charge in [-0.1, -0.05) is 38.3 Å². The number of unbranched alkanes of at least 4 members (excludes halogenated alkanes) is 1. The topological polar surface area (TPSA) is 103 Å². The van der Waals surface area contributed by atoms with Gasteiger partial charge in [0.2, 0.25) is 5.91 Å². The summed E-state index contributed by atoms with van der Waals surface area (Å²) in [6.45, 7) is 7.61. The second-order valence-electron chi connectivity index (χ2n) is 9.52. The lowest BCUT2D eigenvalue weighted by Crippen LogP contribution is -2.60. The molecule has 0 saturated heterocycles. The van der Waals surface area contributed by atoms with Crippen LogP contribution in [-0.2, 0) is 25.5 Å². The number of hydrogen-bond donors (Lipinski definition) is 2. The highest BCUT2D eigenvalue weighted by atomic mass is 16.6. The normalized spacial score (nSPS) is 15.9. The van der Waals surface area contributed by atoms with E-state index < -0.39 is 35.2 Å². The first-order valence-electron chi connectivity index (χ1n) is 11.7. The SMILES string of the molecule is CCCCOC(=O)[C@H](Cc1ccc(OC)cc1)NC(=O)C1(NC(=O)OC(C)(C)C)CCCC1. The van der Waals surface area contributed by atoms with Crippen LogP contribution in [-0.4, -0.2) is 48.9 Å². The maximum Gasteiger partial charge on any atom is 0.408 e. The molecule has 1 aliphatic carbocycles. The van der Waals surface area contributed by atoms with Gasteiger partial charge in [0.25, 0.3) is 0 Å². The third-order valence-electron chi connectivity index (χ3n) is 5.56. The predicted octanol–water partition coefficient (Wildman–Crippen LogP) is 3.90. The van der Waals surface area contributed by atoms with Crippen LogP contribution in [0.25, 0.3) is 0 Å². The highest BCUT2D eigenvalue weighted by Crippen LogP contribution is 2.31. The van der Waals surface area contributed by atoms with Crippen LogP contribution in [0.3, 0.4) is 0 Å². The van der Waals surface area contributed by atoms with Gasteiger partial charge in [-0.15, -0.1) is 0 Å². The summed E-state index contributed by atoms with van der Waals surface area (Å²) in [5.41, 5.74) is -0.932. The summed E-state index contributed by atoms with van der Waals surface area (Å²) < 4.78 is 16.0. The first-order chi connectivity index (χ1) is 15.6. The third kappa shape index (κ3) is 8.26. The zero-order valence-corrected chi connectivity index (χ0v) is 20.5. The molecule has 1 saturated carbocycles. The van der Waals surface area contributed by atoms with Gasteiger partial charge in [-0.25, -0.2) is 9.59 Å². The van der Waals surface area contributed by atoms with E-state index in [1.807, 2.05) is 19.1 Å². The molecule has 0 bridgehead atoms. The maximum atomic E-state index is 13.4. The molecule has 0 aliphatic heterocycles. The number of hydrogen-bond acceptors (Lipinski definition) is 6. The number of carbonyl (C=O) groups excluding carboxylic acids is 3. The van der Waals surface area contributed by atoms with E-state index >= 15 is 0 Å². The second-order valence-corrected chi connectivity index (χ2v) is 9.52. The zero-order chi connectivity index (χ0) is 24.5. The second kappa shape index (κ2) is 11.9. The molecule has 0 unspecified atom stereocenters. The zero-order valence-electron chi connectivity index (χ0n) is 20.5. The number of nitrogens with one attached hydrogen (secondary N) is 2. The van der Waals surface area contributed by atoms with Crippen LogP contribution in [0.2, 0.25) is 0 Å². The molecule has 2 N–H and O–H groups in total. The van der Waals surface area contributed by atoms with Crippen molar-refractivity contribution in [3.05, 3.63) is 29.8 Å². The summed E-state index contributed by atoms with van der Waals surface area (Å²) in [6, 6.07) is 6.43. The molecule has 0 aromatic heterocycles. The molecule has 33 heavy (non-hydrogen) atoms. The van der Waals surface area contributed by atoms with Gasteiger partial charge in [0, 0.05) is 6.42 Å². The van der Waals surface area contributed by atoms with E-state index in [0.717, 1.165) is 31.2 Å². The monoisotopic (exact) mass is 462 g/mol. The van der Waals surface area contributed by atoms with Gasteiger partial charge in [0.15, 0.2) is 0 Å². The average Bonchev–Trinajstić information content (AvgIpc) is 3.22. The van der Waals surface area contributed by atoms with Crippen LogP contribution in [0.4, 0.5) is 4.79 Å². The van der Waals surface area contributed by atoms with Gasteiger partial charge in [0.1, 0.15) is 22.9 Å². The summed E-state index contributed by atoms with van der Waals surface area (Å²) in [6.07, 6.45) is 3.84. The molecule has 0 heterocycles. The summed E-state index contributed by atoms with van der Waals surface area (Å²) >= 11 is 0. The van der Waals surface area contributed by atoms with Crippen molar-refractivity contribution in [1.82, 2.24) is 10.6 Å². The smallest absolute Gasteiger partial charge is 0.408 e. The van der Waals surface area contributed by atoms with Gasteiger partial charge >= 0.3 is 12.1 Å². The van der Waals surface area contributed by atoms with Gasteiger partial charge < -0.3 is 24.8 Å². The Labute approximate surface area is 196 Å². The van der Waals surface area contributed by atoms with Crippen molar-refractivity contribution in [3.8, 4) is 5.75 Å². The average molecular weight is 463 g/mol. The van der Waals surface area contributed by atoms with Gasteiger partial charge in [-0.05, 0) is 57.7 Å². The molecule has 184 valence electrons. The minimum atomic E-state index is -1.11. The van der Waals surface area contributed by atoms with Crippen LogP contribution in [0.15, 0.2) is 24.3 Å². The summed E-state index contributed by atoms with van der Waals surface area (Å²) in [5.74, 6) is -0.175. The molecule has 1 aliphatic rings. The Morgan fingerprint density at radius 3 is 2.27 bits per heavy atom. The Bertz CT molecular complexity index is 794. The molecule has 8 heteroatoms. The fraction of sp³-hybridized carbons (Fsp3) is 0.640. The van der Waals surface area contributed by atoms with Crippen molar-refractivity contribution in [2.45, 2.75) is 89.8 Å². The summed E-state index contributed by atoms with van der Waals surface area (Å²) in [4.78, 5) is 38.7. The number of alkyl carbamates (subject to hydrolysis) is 1. The van der Waals surface area contributed by atoms with E-state index in [0.29, 0.717) is 25.2 Å². The summed E-state index contributed by atoms with van der Waals surface area (Å²) in [7, 11) is 1.59. The molecule has 0 radical (unpaired) electrons. The standard InChI is InChI=1S/C25H38N2O6/c1-6-7-16-32-21(28)20(17-18-10-12-19(31-5)13-11-18)26-22(29)25(14-8-9-15-25)27-23(30)33-24(2,3)4/h10-13,20H,6-9,14-17H2,1-5H3,(H,26,29)(H,27,30)/t20-/m0/s1. The van der Waals surface area contributed by atoms with Crippen molar-refractivity contribution in [3.63, 3.8) is 0 Å². The number of carbonyl (C=O) groups is 3. The molecule has 1 fully saturated rings. The van der Waals surface area contributed by atoms with E-state index in [-0.39, 0.29) is 6.42 Å². The lowest BCUT2D eigenvalue weighted by Gasteiger charge is -2.32. The lowest BCUT2D eigenvalue weighted by atomic mass is 9.95. The lowest BCUT2D eigenvalue weighted by molar-refractivity contribution is -0.148. The Hall–Kier alpha value is -2.77. The van der Waals surface area contributed by atoms with E-state index in [9.17, 15) is 14.4 Å². The van der Waals surface area contributed by atoms with Crippen molar-refractivity contribution < 1.29 is 28.6 Å². The largest absolute Gasteiger partial charge is 0.497 e. The van der Waals surface area contributed by atoms with Crippen LogP contribution in [0.1, 0.15) is 71.8 Å². The Balaban J connectivity index is 2.17. The number of methoxy groups -OCH3 is 1. The number of ether oxygens (including phenoxy) is 3. The van der Waals surface area contributed by atoms with Crippen LogP contribution >= 0.6 is 0 Å². The number of esters is 1. The molecule has 8 nitrogen and oxygen atoms in total. The number of rotatable bonds is 10. The van der Waals surface area contributed by atoms with Crippen molar-refractivity contribution in [2.24, 2.45) is 0 Å². The third-order valence-corrected chi connectivity index (χ3v) is 5.56. The van der Waals surface area contributed by atoms with Crippen LogP contribution < -0.4 is 15.4 Å². The predicted molar refractivity (Wildman–Crippen MR) is 125 cm³/mol. The van der Waals surface area contributed by atoms with Crippen molar-refractivity contribution in [2.75, 3.05) is 13.7 Å². The van der Waals surface area contributed by atoms with Crippen LogP contribution in [0.5, 0.6) is 5.75 Å². The molecule has 2 rings (SSSR count). The van der Waals surface area contributed by atoms with Gasteiger partial charge in [-0.2, -0.15) is 0 Å².